The minimum atomic E-state index is -4.55. The maximum atomic E-state index is 13.3. The van der Waals surface area contributed by atoms with Crippen LogP contribution in [0.3, 0.4) is 0 Å². The molecule has 0 aromatic heterocycles. The second kappa shape index (κ2) is 7.10. The van der Waals surface area contributed by atoms with Gasteiger partial charge in [-0.25, -0.2) is 13.8 Å². The largest absolute Gasteiger partial charge is 0.416 e. The summed E-state index contributed by atoms with van der Waals surface area (Å²) >= 11 is 0. The third-order valence-corrected chi connectivity index (χ3v) is 8.66. The smallest absolute Gasteiger partial charge is 0.347 e. The molecule has 3 saturated heterocycles. The van der Waals surface area contributed by atoms with Gasteiger partial charge in [-0.05, 0) is 55.4 Å². The summed E-state index contributed by atoms with van der Waals surface area (Å²) < 4.78 is 59.6. The molecule has 180 valence electrons. The Morgan fingerprint density at radius 2 is 1.82 bits per heavy atom. The molecule has 4 aliphatic rings. The zero-order valence-electron chi connectivity index (χ0n) is 18.3. The molecule has 33 heavy (non-hydrogen) atoms. The number of amides is 3. The van der Waals surface area contributed by atoms with E-state index < -0.39 is 21.5 Å². The van der Waals surface area contributed by atoms with Crippen molar-refractivity contribution in [1.29, 1.82) is 4.78 Å². The Bertz CT molecular complexity index is 1110. The Labute approximate surface area is 190 Å². The van der Waals surface area contributed by atoms with Crippen LogP contribution in [-0.4, -0.2) is 63.9 Å². The predicted octanol–water partition coefficient (Wildman–Crippen LogP) is 3.08. The highest BCUT2D eigenvalue weighted by atomic mass is 32.2. The minimum absolute atomic E-state index is 0.00785. The van der Waals surface area contributed by atoms with E-state index in [1.165, 1.54) is 6.07 Å². The van der Waals surface area contributed by atoms with Gasteiger partial charge in [0.15, 0.2) is 0 Å². The van der Waals surface area contributed by atoms with Crippen molar-refractivity contribution in [2.75, 3.05) is 32.4 Å². The van der Waals surface area contributed by atoms with Crippen LogP contribution in [0.5, 0.6) is 0 Å². The van der Waals surface area contributed by atoms with Gasteiger partial charge in [-0.3, -0.25) is 4.79 Å². The molecule has 5 rings (SSSR count). The highest BCUT2D eigenvalue weighted by Crippen LogP contribution is 2.53. The van der Waals surface area contributed by atoms with Crippen molar-refractivity contribution in [1.82, 2.24) is 15.1 Å². The summed E-state index contributed by atoms with van der Waals surface area (Å²) in [5, 5.41) is 2.97. The quantitative estimate of drug-likeness (QED) is 0.691. The lowest BCUT2D eigenvalue weighted by Crippen LogP contribution is -2.73. The predicted molar refractivity (Wildman–Crippen MR) is 114 cm³/mol. The number of alkyl halides is 3. The molecule has 3 aliphatic heterocycles. The number of carbonyl (C=O) groups is 2. The first-order valence-corrected chi connectivity index (χ1v) is 13.0. The first-order chi connectivity index (χ1) is 15.3. The summed E-state index contributed by atoms with van der Waals surface area (Å²) in [6.07, 6.45) is -0.0224. The van der Waals surface area contributed by atoms with Crippen LogP contribution in [0.25, 0.3) is 0 Å². The molecular formula is C22H27F3N4O3S. The average molecular weight is 485 g/mol. The van der Waals surface area contributed by atoms with Gasteiger partial charge in [-0.15, -0.1) is 0 Å². The number of carbonyl (C=O) groups excluding carboxylic acids is 2. The fourth-order valence-corrected chi connectivity index (χ4v) is 6.73. The molecule has 1 aliphatic carbocycles. The zero-order chi connectivity index (χ0) is 23.8. The molecule has 1 aromatic carbocycles. The van der Waals surface area contributed by atoms with Crippen LogP contribution >= 0.6 is 0 Å². The van der Waals surface area contributed by atoms with Gasteiger partial charge in [0.1, 0.15) is 0 Å². The number of likely N-dealkylation sites (tertiary alicyclic amines) is 2. The van der Waals surface area contributed by atoms with Crippen molar-refractivity contribution in [3.63, 3.8) is 0 Å². The molecule has 1 saturated carbocycles. The summed E-state index contributed by atoms with van der Waals surface area (Å²) in [7, 11) is -3.25. The van der Waals surface area contributed by atoms with Crippen LogP contribution in [0.1, 0.15) is 36.8 Å². The van der Waals surface area contributed by atoms with Gasteiger partial charge in [-0.2, -0.15) is 13.2 Å². The number of urea groups is 1. The Hall–Kier alpha value is -2.30. The second-order valence-corrected chi connectivity index (χ2v) is 12.7. The fourth-order valence-electron chi connectivity index (χ4n) is 6.00. The van der Waals surface area contributed by atoms with E-state index in [0.29, 0.717) is 44.6 Å². The lowest BCUT2D eigenvalue weighted by atomic mass is 9.56. The van der Waals surface area contributed by atoms with Crippen molar-refractivity contribution in [3.8, 4) is 0 Å². The SMILES string of the molecule is CS(=N)(=O)c1cc(CC2CC3(C2)CN(C(=O)N2CC4(CCC(=O)N4)C2)C3)cc(C(F)(F)F)c1. The number of benzene rings is 1. The van der Waals surface area contributed by atoms with Crippen LogP contribution in [0.4, 0.5) is 18.0 Å². The number of hydrogen-bond donors (Lipinski definition) is 2. The molecular weight excluding hydrogens is 457 g/mol. The first-order valence-electron chi connectivity index (χ1n) is 11.1. The third kappa shape index (κ3) is 4.08. The molecule has 2 spiro atoms. The standard InChI is InChI=1S/C22H27F3N4O3S/c1-33(26,32)17-6-14(5-16(7-17)22(23,24)25)4-15-8-20(9-15)10-28(11-20)19(31)29-12-21(13-29)3-2-18(30)27-21/h5-7,15,26H,2-4,8-13H2,1H3,(H,27,30). The molecule has 3 heterocycles. The molecule has 0 bridgehead atoms. The van der Waals surface area contributed by atoms with Crippen LogP contribution in [0, 0.1) is 16.1 Å². The lowest BCUT2D eigenvalue weighted by molar-refractivity contribution is -0.137. The maximum absolute atomic E-state index is 13.3. The van der Waals surface area contributed by atoms with E-state index in [4.69, 9.17) is 4.78 Å². The van der Waals surface area contributed by atoms with Crippen molar-refractivity contribution in [2.45, 2.75) is 48.7 Å². The van der Waals surface area contributed by atoms with E-state index >= 15 is 0 Å². The van der Waals surface area contributed by atoms with E-state index in [-0.39, 0.29) is 33.7 Å². The third-order valence-electron chi connectivity index (χ3n) is 7.53. The number of nitrogens with zero attached hydrogens (tertiary/aromatic N) is 2. The van der Waals surface area contributed by atoms with Gasteiger partial charge in [0.05, 0.1) is 20.8 Å². The van der Waals surface area contributed by atoms with Crippen LogP contribution in [0.2, 0.25) is 0 Å². The summed E-state index contributed by atoms with van der Waals surface area (Å²) in [5.74, 6) is 0.251. The monoisotopic (exact) mass is 484 g/mol. The van der Waals surface area contributed by atoms with Crippen LogP contribution in [-0.2, 0) is 27.1 Å². The summed E-state index contributed by atoms with van der Waals surface area (Å²) in [4.78, 5) is 27.6. The maximum Gasteiger partial charge on any atom is 0.416 e. The molecule has 11 heteroatoms. The van der Waals surface area contributed by atoms with Gasteiger partial charge >= 0.3 is 12.2 Å². The van der Waals surface area contributed by atoms with Gasteiger partial charge in [0.2, 0.25) is 5.91 Å². The molecule has 2 N–H and O–H groups in total. The zero-order valence-corrected chi connectivity index (χ0v) is 19.2. The number of halogens is 3. The second-order valence-electron chi connectivity index (χ2n) is 10.5. The molecule has 1 aromatic rings. The highest BCUT2D eigenvalue weighted by Gasteiger charge is 2.56. The molecule has 0 radical (unpaired) electrons. The van der Waals surface area contributed by atoms with Crippen molar-refractivity contribution >= 4 is 21.7 Å². The van der Waals surface area contributed by atoms with Gasteiger partial charge in [-0.1, -0.05) is 0 Å². The normalized spacial score (nSPS) is 25.3. The number of rotatable bonds is 3. The van der Waals surface area contributed by atoms with Crippen molar-refractivity contribution < 1.29 is 27.0 Å². The van der Waals surface area contributed by atoms with Crippen LogP contribution < -0.4 is 5.32 Å². The van der Waals surface area contributed by atoms with Gasteiger partial charge < -0.3 is 15.1 Å². The van der Waals surface area contributed by atoms with E-state index in [1.54, 1.807) is 4.90 Å². The summed E-state index contributed by atoms with van der Waals surface area (Å²) in [5.41, 5.74) is -0.597. The molecule has 4 fully saturated rings. The summed E-state index contributed by atoms with van der Waals surface area (Å²) in [6.45, 7) is 2.42. The van der Waals surface area contributed by atoms with E-state index in [2.05, 4.69) is 5.32 Å². The fraction of sp³-hybridized carbons (Fsp3) is 0.636. The van der Waals surface area contributed by atoms with E-state index in [1.807, 2.05) is 4.90 Å². The highest BCUT2D eigenvalue weighted by molar-refractivity contribution is 7.91. The molecule has 1 unspecified atom stereocenters. The average Bonchev–Trinajstić information content (AvgIpc) is 3.01. The van der Waals surface area contributed by atoms with Crippen LogP contribution in [0.15, 0.2) is 23.1 Å². The number of hydrogen-bond acceptors (Lipinski definition) is 4. The molecule has 7 nitrogen and oxygen atoms in total. The molecule has 1 atom stereocenters. The Balaban J connectivity index is 1.15. The minimum Gasteiger partial charge on any atom is -0.347 e. The first kappa shape index (κ1) is 22.5. The van der Waals surface area contributed by atoms with Gasteiger partial charge in [0, 0.05) is 49.2 Å². The van der Waals surface area contributed by atoms with Crippen molar-refractivity contribution in [3.05, 3.63) is 29.3 Å². The lowest BCUT2D eigenvalue weighted by Gasteiger charge is -2.61. The Kier molecular flexibility index (Phi) is 4.84. The topological polar surface area (TPSA) is 93.6 Å². The molecule has 3 amide bonds. The number of nitrogens with one attached hydrogen (secondary N) is 2. The Morgan fingerprint density at radius 1 is 1.18 bits per heavy atom. The van der Waals surface area contributed by atoms with Gasteiger partial charge in [0.25, 0.3) is 0 Å². The van der Waals surface area contributed by atoms with E-state index in [9.17, 15) is 27.0 Å². The summed E-state index contributed by atoms with van der Waals surface area (Å²) in [6, 6.07) is 3.37. The Morgan fingerprint density at radius 3 is 2.36 bits per heavy atom. The van der Waals surface area contributed by atoms with E-state index in [0.717, 1.165) is 37.7 Å². The van der Waals surface area contributed by atoms with Crippen molar-refractivity contribution in [2.24, 2.45) is 11.3 Å².